The predicted octanol–water partition coefficient (Wildman–Crippen LogP) is 2.19. The topological polar surface area (TPSA) is 41.3 Å². The van der Waals surface area contributed by atoms with Crippen molar-refractivity contribution in [3.05, 3.63) is 17.5 Å². The van der Waals surface area contributed by atoms with Crippen LogP contribution in [0, 0.1) is 12.8 Å². The van der Waals surface area contributed by atoms with E-state index >= 15 is 0 Å². The summed E-state index contributed by atoms with van der Waals surface area (Å²) in [7, 11) is 0. The summed E-state index contributed by atoms with van der Waals surface area (Å²) in [6, 6.07) is 3.27. The Morgan fingerprint density at radius 1 is 1.50 bits per heavy atom. The molecule has 3 unspecified atom stereocenters. The summed E-state index contributed by atoms with van der Waals surface area (Å²) in [6.07, 6.45) is 1.22. The molecular weight excluding hydrogens is 226 g/mol. The summed E-state index contributed by atoms with van der Waals surface area (Å²) < 4.78 is 5.14. The van der Waals surface area contributed by atoms with Gasteiger partial charge in [-0.2, -0.15) is 0 Å². The molecule has 0 radical (unpaired) electrons. The van der Waals surface area contributed by atoms with E-state index in [0.29, 0.717) is 18.0 Å². The molecule has 0 spiro atoms. The van der Waals surface area contributed by atoms with Gasteiger partial charge in [0.05, 0.1) is 5.69 Å². The molecule has 2 rings (SSSR count). The van der Waals surface area contributed by atoms with Crippen molar-refractivity contribution in [2.75, 3.05) is 13.1 Å². The summed E-state index contributed by atoms with van der Waals surface area (Å²) in [4.78, 5) is 2.51. The van der Waals surface area contributed by atoms with Crippen molar-refractivity contribution in [1.29, 1.82) is 0 Å². The second kappa shape index (κ2) is 5.85. The molecule has 4 heteroatoms. The minimum atomic E-state index is 0.583. The van der Waals surface area contributed by atoms with Crippen LogP contribution in [0.25, 0.3) is 0 Å². The third kappa shape index (κ3) is 2.93. The molecule has 1 aromatic rings. The Kier molecular flexibility index (Phi) is 4.40. The fourth-order valence-electron chi connectivity index (χ4n) is 2.91. The van der Waals surface area contributed by atoms with Crippen molar-refractivity contribution in [1.82, 2.24) is 15.4 Å². The van der Waals surface area contributed by atoms with E-state index in [4.69, 9.17) is 4.52 Å². The highest BCUT2D eigenvalue weighted by Crippen LogP contribution is 2.25. The number of nitrogens with zero attached hydrogens (tertiary/aromatic N) is 2. The van der Waals surface area contributed by atoms with Crippen LogP contribution in [0.2, 0.25) is 0 Å². The molecular formula is C14H25N3O. The van der Waals surface area contributed by atoms with Crippen LogP contribution >= 0.6 is 0 Å². The van der Waals surface area contributed by atoms with Crippen LogP contribution in [-0.4, -0.2) is 35.2 Å². The van der Waals surface area contributed by atoms with E-state index in [9.17, 15) is 0 Å². The lowest BCUT2D eigenvalue weighted by Crippen LogP contribution is -2.52. The van der Waals surface area contributed by atoms with E-state index in [2.05, 4.69) is 36.1 Å². The highest BCUT2D eigenvalue weighted by atomic mass is 16.5. The molecule has 0 bridgehead atoms. The van der Waals surface area contributed by atoms with Crippen LogP contribution in [0.15, 0.2) is 10.6 Å². The lowest BCUT2D eigenvalue weighted by atomic mass is 9.87. The fourth-order valence-corrected chi connectivity index (χ4v) is 2.91. The molecule has 1 N–H and O–H groups in total. The first kappa shape index (κ1) is 13.6. The van der Waals surface area contributed by atoms with Crippen molar-refractivity contribution in [3.63, 3.8) is 0 Å². The van der Waals surface area contributed by atoms with Gasteiger partial charge >= 0.3 is 0 Å². The second-order valence-electron chi connectivity index (χ2n) is 5.45. The van der Waals surface area contributed by atoms with Gasteiger partial charge < -0.3 is 9.84 Å². The number of aryl methyl sites for hydroxylation is 1. The molecule has 0 amide bonds. The van der Waals surface area contributed by atoms with Crippen molar-refractivity contribution in [2.24, 2.45) is 5.92 Å². The highest BCUT2D eigenvalue weighted by molar-refractivity contribution is 5.04. The molecule has 2 heterocycles. The normalized spacial score (nSPS) is 29.7. The Morgan fingerprint density at radius 2 is 2.28 bits per heavy atom. The van der Waals surface area contributed by atoms with E-state index in [0.717, 1.165) is 31.1 Å². The van der Waals surface area contributed by atoms with Gasteiger partial charge in [0.15, 0.2) is 0 Å². The highest BCUT2D eigenvalue weighted by Gasteiger charge is 2.32. The molecule has 102 valence electrons. The third-order valence-electron chi connectivity index (χ3n) is 4.21. The average Bonchev–Trinajstić information content (AvgIpc) is 2.75. The van der Waals surface area contributed by atoms with Gasteiger partial charge in [-0.25, -0.2) is 0 Å². The van der Waals surface area contributed by atoms with E-state index in [1.54, 1.807) is 0 Å². The maximum Gasteiger partial charge on any atom is 0.133 e. The Morgan fingerprint density at radius 3 is 2.89 bits per heavy atom. The van der Waals surface area contributed by atoms with Crippen molar-refractivity contribution < 1.29 is 4.52 Å². The number of hydrogen-bond acceptors (Lipinski definition) is 4. The lowest BCUT2D eigenvalue weighted by Gasteiger charge is -2.42. The van der Waals surface area contributed by atoms with Gasteiger partial charge in [0.2, 0.25) is 0 Å². The minimum absolute atomic E-state index is 0.583. The zero-order chi connectivity index (χ0) is 13.1. The number of aromatic nitrogens is 1. The SMILES string of the molecule is CCNC1CCN(Cc2cc(C)on2)C(C)C1C. The summed E-state index contributed by atoms with van der Waals surface area (Å²) >= 11 is 0. The Labute approximate surface area is 110 Å². The van der Waals surface area contributed by atoms with Crippen LogP contribution in [-0.2, 0) is 6.54 Å². The molecule has 0 aromatic carbocycles. The van der Waals surface area contributed by atoms with E-state index in [1.807, 2.05) is 13.0 Å². The van der Waals surface area contributed by atoms with E-state index in [1.165, 1.54) is 6.42 Å². The molecule has 3 atom stereocenters. The molecule has 1 fully saturated rings. The first-order chi connectivity index (χ1) is 8.61. The molecule has 1 saturated heterocycles. The molecule has 0 aliphatic carbocycles. The fraction of sp³-hybridized carbons (Fsp3) is 0.786. The largest absolute Gasteiger partial charge is 0.361 e. The molecule has 1 aromatic heterocycles. The molecule has 0 saturated carbocycles. The van der Waals surface area contributed by atoms with Crippen LogP contribution in [0.5, 0.6) is 0 Å². The Balaban J connectivity index is 1.95. The van der Waals surface area contributed by atoms with Gasteiger partial charge in [-0.1, -0.05) is 19.0 Å². The number of likely N-dealkylation sites (tertiary alicyclic amines) is 1. The number of hydrogen-bond donors (Lipinski definition) is 1. The number of piperidine rings is 1. The zero-order valence-corrected chi connectivity index (χ0v) is 11.9. The van der Waals surface area contributed by atoms with Crippen LogP contribution in [0.3, 0.4) is 0 Å². The third-order valence-corrected chi connectivity index (χ3v) is 4.21. The monoisotopic (exact) mass is 251 g/mol. The van der Waals surface area contributed by atoms with Crippen molar-refractivity contribution in [3.8, 4) is 0 Å². The van der Waals surface area contributed by atoms with Crippen LogP contribution in [0.1, 0.15) is 38.6 Å². The minimum Gasteiger partial charge on any atom is -0.361 e. The standard InChI is InChI=1S/C14H25N3O/c1-5-15-14-6-7-17(12(4)11(14)3)9-13-8-10(2)18-16-13/h8,11-12,14-15H,5-7,9H2,1-4H3. The maximum atomic E-state index is 5.14. The smallest absolute Gasteiger partial charge is 0.133 e. The zero-order valence-electron chi connectivity index (χ0n) is 11.9. The van der Waals surface area contributed by atoms with Gasteiger partial charge in [0, 0.05) is 31.2 Å². The summed E-state index contributed by atoms with van der Waals surface area (Å²) in [5, 5.41) is 7.68. The summed E-state index contributed by atoms with van der Waals surface area (Å²) in [5.74, 6) is 1.57. The quantitative estimate of drug-likeness (QED) is 0.890. The van der Waals surface area contributed by atoms with Gasteiger partial charge in [0.1, 0.15) is 5.76 Å². The van der Waals surface area contributed by atoms with Gasteiger partial charge in [-0.05, 0) is 32.7 Å². The van der Waals surface area contributed by atoms with Crippen LogP contribution in [0.4, 0.5) is 0 Å². The first-order valence-electron chi connectivity index (χ1n) is 7.01. The van der Waals surface area contributed by atoms with Gasteiger partial charge in [0.25, 0.3) is 0 Å². The second-order valence-corrected chi connectivity index (χ2v) is 5.45. The van der Waals surface area contributed by atoms with Gasteiger partial charge in [-0.3, -0.25) is 4.90 Å². The van der Waals surface area contributed by atoms with E-state index < -0.39 is 0 Å². The van der Waals surface area contributed by atoms with Crippen molar-refractivity contribution in [2.45, 2.75) is 52.7 Å². The molecule has 18 heavy (non-hydrogen) atoms. The number of nitrogens with one attached hydrogen (secondary N) is 1. The average molecular weight is 251 g/mol. The van der Waals surface area contributed by atoms with E-state index in [-0.39, 0.29) is 0 Å². The molecule has 1 aliphatic rings. The number of rotatable bonds is 4. The van der Waals surface area contributed by atoms with Gasteiger partial charge in [-0.15, -0.1) is 0 Å². The Bertz CT molecular complexity index is 377. The first-order valence-corrected chi connectivity index (χ1v) is 7.01. The molecule has 4 nitrogen and oxygen atoms in total. The van der Waals surface area contributed by atoms with Crippen LogP contribution < -0.4 is 5.32 Å². The molecule has 1 aliphatic heterocycles. The maximum absolute atomic E-state index is 5.14. The summed E-state index contributed by atoms with van der Waals surface area (Å²) in [5.41, 5.74) is 1.05. The Hall–Kier alpha value is -0.870. The predicted molar refractivity (Wildman–Crippen MR) is 72.4 cm³/mol. The lowest BCUT2D eigenvalue weighted by molar-refractivity contribution is 0.0770. The summed E-state index contributed by atoms with van der Waals surface area (Å²) in [6.45, 7) is 11.9. The van der Waals surface area contributed by atoms with Crippen molar-refractivity contribution >= 4 is 0 Å².